The van der Waals surface area contributed by atoms with Crippen molar-refractivity contribution < 1.29 is 9.53 Å². The molecule has 0 amide bonds. The fraction of sp³-hybridized carbons (Fsp3) is 0.556. The van der Waals surface area contributed by atoms with Crippen molar-refractivity contribution >= 4 is 29.3 Å². The van der Waals surface area contributed by atoms with Crippen molar-refractivity contribution in [3.05, 3.63) is 23.9 Å². The van der Waals surface area contributed by atoms with Gasteiger partial charge in [0.1, 0.15) is 11.4 Å². The Labute approximate surface area is 157 Å². The van der Waals surface area contributed by atoms with Gasteiger partial charge in [0.05, 0.1) is 18.8 Å². The Bertz CT molecular complexity index is 824. The second-order valence-corrected chi connectivity index (χ2v) is 8.33. The average molecular weight is 375 g/mol. The largest absolute Gasteiger partial charge is 0.465 e. The van der Waals surface area contributed by atoms with Crippen LogP contribution in [-0.4, -0.2) is 66.4 Å². The molecule has 3 heterocycles. The lowest BCUT2D eigenvalue weighted by Gasteiger charge is -2.34. The first-order valence-electron chi connectivity index (χ1n) is 8.97. The van der Waals surface area contributed by atoms with E-state index in [9.17, 15) is 4.79 Å². The number of nitrogens with zero attached hydrogens (tertiary/aromatic N) is 4. The number of nitrogens with one attached hydrogen (secondary N) is 1. The number of carbonyl (C=O) groups excluding carboxylic acids is 1. The molecule has 1 N–H and O–H groups in total. The van der Waals surface area contributed by atoms with E-state index >= 15 is 0 Å². The normalized spacial score (nSPS) is 19.7. The van der Waals surface area contributed by atoms with E-state index in [0.29, 0.717) is 5.56 Å². The molecule has 0 bridgehead atoms. The summed E-state index contributed by atoms with van der Waals surface area (Å²) < 4.78 is 10.3. The topological polar surface area (TPSA) is 62.1 Å². The molecule has 2 aromatic heterocycles. The zero-order chi connectivity index (χ0) is 18.3. The van der Waals surface area contributed by atoms with Crippen molar-refractivity contribution in [2.24, 2.45) is 0 Å². The van der Waals surface area contributed by atoms with Gasteiger partial charge in [-0.1, -0.05) is 0 Å². The first-order valence-corrected chi connectivity index (χ1v) is 9.78. The predicted octanol–water partition coefficient (Wildman–Crippen LogP) is 2.02. The fourth-order valence-electron chi connectivity index (χ4n) is 3.10. The molecule has 2 aromatic rings. The maximum absolute atomic E-state index is 12.1. The van der Waals surface area contributed by atoms with Gasteiger partial charge in [0.2, 0.25) is 0 Å². The van der Waals surface area contributed by atoms with Gasteiger partial charge in [-0.15, -0.1) is 0 Å². The highest BCUT2D eigenvalue weighted by molar-refractivity contribution is 7.97. The molecule has 7 nitrogen and oxygen atoms in total. The standard InChI is InChI=1S/C18H25N5O2S/c1-18(4-5-18)20-26-13-10-15-14(17(24)25-3)12-19-23(15)16(11-13)22-8-6-21(2)7-9-22/h10-12,20H,4-9H2,1-3H3. The Balaban J connectivity index is 1.72. The van der Waals surface area contributed by atoms with Gasteiger partial charge in [-0.3, -0.25) is 4.72 Å². The van der Waals surface area contributed by atoms with Crippen molar-refractivity contribution in [3.8, 4) is 0 Å². The molecule has 2 aliphatic rings. The molecule has 1 aliphatic heterocycles. The molecule has 0 atom stereocenters. The van der Waals surface area contributed by atoms with Crippen LogP contribution >= 0.6 is 11.9 Å². The highest BCUT2D eigenvalue weighted by Gasteiger charge is 2.37. The Morgan fingerprint density at radius 1 is 1.27 bits per heavy atom. The smallest absolute Gasteiger partial charge is 0.341 e. The van der Waals surface area contributed by atoms with Gasteiger partial charge in [0.25, 0.3) is 0 Å². The lowest BCUT2D eigenvalue weighted by atomic mass is 10.2. The number of esters is 1. The molecule has 1 saturated heterocycles. The zero-order valence-corrected chi connectivity index (χ0v) is 16.3. The van der Waals surface area contributed by atoms with E-state index < -0.39 is 0 Å². The van der Waals surface area contributed by atoms with Gasteiger partial charge in [-0.05, 0) is 50.9 Å². The third kappa shape index (κ3) is 3.41. The van der Waals surface area contributed by atoms with E-state index in [0.717, 1.165) is 42.4 Å². The van der Waals surface area contributed by atoms with Crippen LogP contribution in [0.5, 0.6) is 0 Å². The molecule has 0 aromatic carbocycles. The minimum atomic E-state index is -0.353. The van der Waals surface area contributed by atoms with Gasteiger partial charge in [0, 0.05) is 36.6 Å². The van der Waals surface area contributed by atoms with Crippen molar-refractivity contribution in [2.45, 2.75) is 30.2 Å². The third-order valence-electron chi connectivity index (χ3n) is 5.22. The Morgan fingerprint density at radius 3 is 2.65 bits per heavy atom. The predicted molar refractivity (Wildman–Crippen MR) is 103 cm³/mol. The van der Waals surface area contributed by atoms with Crippen molar-refractivity contribution in [2.75, 3.05) is 45.2 Å². The zero-order valence-electron chi connectivity index (χ0n) is 15.5. The molecule has 2 fully saturated rings. The molecule has 0 radical (unpaired) electrons. The molecule has 8 heteroatoms. The Morgan fingerprint density at radius 2 is 2.00 bits per heavy atom. The van der Waals surface area contributed by atoms with Gasteiger partial charge in [-0.2, -0.15) is 5.10 Å². The molecule has 1 aliphatic carbocycles. The first-order chi connectivity index (χ1) is 12.5. The molecule has 26 heavy (non-hydrogen) atoms. The minimum Gasteiger partial charge on any atom is -0.465 e. The Kier molecular flexibility index (Phi) is 4.58. The number of hydrogen-bond donors (Lipinski definition) is 1. The van der Waals surface area contributed by atoms with Crippen LogP contribution in [-0.2, 0) is 4.74 Å². The summed E-state index contributed by atoms with van der Waals surface area (Å²) in [5.74, 6) is 0.671. The highest BCUT2D eigenvalue weighted by atomic mass is 32.2. The number of likely N-dealkylation sites (N-methyl/N-ethyl adjacent to an activating group) is 1. The number of piperazine rings is 1. The lowest BCUT2D eigenvalue weighted by molar-refractivity contribution is 0.0603. The summed E-state index contributed by atoms with van der Waals surface area (Å²) in [6, 6.07) is 4.18. The van der Waals surface area contributed by atoms with Gasteiger partial charge in [0.15, 0.2) is 0 Å². The van der Waals surface area contributed by atoms with Gasteiger partial charge < -0.3 is 14.5 Å². The fourth-order valence-corrected chi connectivity index (χ4v) is 4.01. The van der Waals surface area contributed by atoms with E-state index in [1.165, 1.54) is 20.0 Å². The van der Waals surface area contributed by atoms with Crippen LogP contribution in [0.3, 0.4) is 0 Å². The molecular weight excluding hydrogens is 350 g/mol. The second kappa shape index (κ2) is 6.75. The van der Waals surface area contributed by atoms with Gasteiger partial charge >= 0.3 is 5.97 Å². The van der Waals surface area contributed by atoms with E-state index in [4.69, 9.17) is 4.74 Å². The molecule has 4 rings (SSSR count). The summed E-state index contributed by atoms with van der Waals surface area (Å²) in [5, 5.41) is 4.48. The maximum atomic E-state index is 12.1. The number of ether oxygens (including phenoxy) is 1. The SMILES string of the molecule is COC(=O)c1cnn2c(N3CCN(C)CC3)cc(SNC3(C)CC3)cc12. The number of hydrogen-bond acceptors (Lipinski definition) is 7. The lowest BCUT2D eigenvalue weighted by Crippen LogP contribution is -2.45. The number of pyridine rings is 1. The summed E-state index contributed by atoms with van der Waals surface area (Å²) in [6.45, 7) is 6.15. The van der Waals surface area contributed by atoms with Gasteiger partial charge in [-0.25, -0.2) is 9.31 Å². The number of carbonyl (C=O) groups is 1. The molecule has 140 valence electrons. The third-order valence-corrected chi connectivity index (χ3v) is 6.29. The maximum Gasteiger partial charge on any atom is 0.341 e. The molecule has 0 unspecified atom stereocenters. The highest BCUT2D eigenvalue weighted by Crippen LogP contribution is 2.38. The second-order valence-electron chi connectivity index (χ2n) is 7.45. The van der Waals surface area contributed by atoms with E-state index in [1.54, 1.807) is 18.1 Å². The van der Waals surface area contributed by atoms with Crippen LogP contribution in [0, 0.1) is 0 Å². The number of rotatable bonds is 5. The summed E-state index contributed by atoms with van der Waals surface area (Å²) in [4.78, 5) is 17.9. The summed E-state index contributed by atoms with van der Waals surface area (Å²) in [6.07, 6.45) is 4.01. The van der Waals surface area contributed by atoms with E-state index in [1.807, 2.05) is 10.6 Å². The van der Waals surface area contributed by atoms with E-state index in [2.05, 4.69) is 39.7 Å². The molecule has 1 saturated carbocycles. The first kappa shape index (κ1) is 17.6. The van der Waals surface area contributed by atoms with Crippen molar-refractivity contribution in [1.29, 1.82) is 0 Å². The number of anilines is 1. The number of fused-ring (bicyclic) bond motifs is 1. The summed E-state index contributed by atoms with van der Waals surface area (Å²) >= 11 is 1.63. The number of aromatic nitrogens is 2. The minimum absolute atomic E-state index is 0.232. The van der Waals surface area contributed by atoms with Crippen LogP contribution < -0.4 is 9.62 Å². The van der Waals surface area contributed by atoms with Crippen LogP contribution in [0.2, 0.25) is 0 Å². The van der Waals surface area contributed by atoms with Crippen molar-refractivity contribution in [1.82, 2.24) is 19.2 Å². The van der Waals surface area contributed by atoms with E-state index in [-0.39, 0.29) is 11.5 Å². The molecule has 0 spiro atoms. The van der Waals surface area contributed by atoms with Crippen LogP contribution in [0.25, 0.3) is 5.52 Å². The molecular formula is C18H25N5O2S. The summed E-state index contributed by atoms with van der Waals surface area (Å²) in [7, 11) is 3.55. The summed E-state index contributed by atoms with van der Waals surface area (Å²) in [5.41, 5.74) is 1.53. The van der Waals surface area contributed by atoms with Crippen LogP contribution in [0.1, 0.15) is 30.1 Å². The monoisotopic (exact) mass is 375 g/mol. The van der Waals surface area contributed by atoms with Crippen LogP contribution in [0.4, 0.5) is 5.82 Å². The Hall–Kier alpha value is -1.77. The quantitative estimate of drug-likeness (QED) is 0.634. The van der Waals surface area contributed by atoms with Crippen molar-refractivity contribution in [3.63, 3.8) is 0 Å². The average Bonchev–Trinajstić information content (AvgIpc) is 3.23. The number of methoxy groups -OCH3 is 1. The van der Waals surface area contributed by atoms with Crippen LogP contribution in [0.15, 0.2) is 23.2 Å².